The summed E-state index contributed by atoms with van der Waals surface area (Å²) in [5.74, 6) is 0.671. The summed E-state index contributed by atoms with van der Waals surface area (Å²) in [5, 5.41) is 12.0. The fourth-order valence-electron chi connectivity index (χ4n) is 2.45. The Kier molecular flexibility index (Phi) is 5.09. The van der Waals surface area contributed by atoms with E-state index < -0.39 is 0 Å². The Hall–Kier alpha value is -1.46. The second-order valence-corrected chi connectivity index (χ2v) is 5.30. The summed E-state index contributed by atoms with van der Waals surface area (Å²) in [6, 6.07) is 5.14. The number of benzene rings is 1. The average molecular weight is 299 g/mol. The fourth-order valence-corrected chi connectivity index (χ4v) is 2.71. The summed E-state index contributed by atoms with van der Waals surface area (Å²) in [5.41, 5.74) is 6.01. The molecule has 0 aromatic heterocycles. The van der Waals surface area contributed by atoms with E-state index in [4.69, 9.17) is 32.0 Å². The van der Waals surface area contributed by atoms with Crippen molar-refractivity contribution in [1.29, 1.82) is 0 Å². The molecule has 1 aliphatic rings. The lowest BCUT2D eigenvalue weighted by Crippen LogP contribution is -2.29. The monoisotopic (exact) mass is 298 g/mol. The summed E-state index contributed by atoms with van der Waals surface area (Å²) in [7, 11) is 1.73. The Morgan fingerprint density at radius 1 is 1.40 bits per heavy atom. The van der Waals surface area contributed by atoms with E-state index in [1.807, 2.05) is 0 Å². The summed E-state index contributed by atoms with van der Waals surface area (Å²) in [6.07, 6.45) is 4.48. The Balaban J connectivity index is 2.05. The number of nitrogens with zero attached hydrogens (tertiary/aromatic N) is 1. The molecular weight excluding hydrogens is 280 g/mol. The molecule has 3 N–H and O–H groups in total. The lowest BCUT2D eigenvalue weighted by molar-refractivity contribution is 0.0210. The predicted octanol–water partition coefficient (Wildman–Crippen LogP) is 2.77. The van der Waals surface area contributed by atoms with Gasteiger partial charge in [0.2, 0.25) is 0 Å². The highest BCUT2D eigenvalue weighted by Crippen LogP contribution is 2.28. The topological polar surface area (TPSA) is 77.1 Å². The Morgan fingerprint density at radius 2 is 2.15 bits per heavy atom. The van der Waals surface area contributed by atoms with Crippen LogP contribution in [0.1, 0.15) is 31.2 Å². The van der Waals surface area contributed by atoms with Gasteiger partial charge in [-0.3, -0.25) is 0 Å². The summed E-state index contributed by atoms with van der Waals surface area (Å²) < 4.78 is 11.3. The van der Waals surface area contributed by atoms with Gasteiger partial charge >= 0.3 is 0 Å². The predicted molar refractivity (Wildman–Crippen MR) is 77.6 cm³/mol. The number of methoxy groups -OCH3 is 1. The van der Waals surface area contributed by atoms with Crippen molar-refractivity contribution < 1.29 is 14.7 Å². The third-order valence-electron chi connectivity index (χ3n) is 3.54. The zero-order chi connectivity index (χ0) is 14.5. The summed E-state index contributed by atoms with van der Waals surface area (Å²) in [6.45, 7) is 0. The van der Waals surface area contributed by atoms with Gasteiger partial charge in [0, 0.05) is 19.1 Å². The molecule has 2 atom stereocenters. The lowest BCUT2D eigenvalue weighted by Gasteiger charge is -2.28. The third-order valence-corrected chi connectivity index (χ3v) is 3.85. The van der Waals surface area contributed by atoms with Crippen LogP contribution in [0, 0.1) is 0 Å². The molecule has 0 bridgehead atoms. The Labute approximate surface area is 123 Å². The molecule has 1 fully saturated rings. The van der Waals surface area contributed by atoms with Crippen LogP contribution in [0.25, 0.3) is 0 Å². The molecule has 2 rings (SSSR count). The first-order valence-corrected chi connectivity index (χ1v) is 6.98. The molecule has 2 unspecified atom stereocenters. The van der Waals surface area contributed by atoms with E-state index in [9.17, 15) is 0 Å². The second-order valence-electron chi connectivity index (χ2n) is 4.89. The zero-order valence-electron chi connectivity index (χ0n) is 11.4. The highest BCUT2D eigenvalue weighted by atomic mass is 35.5. The minimum absolute atomic E-state index is 0.0151. The van der Waals surface area contributed by atoms with Crippen molar-refractivity contribution in [1.82, 2.24) is 0 Å². The number of amidine groups is 1. The molecule has 6 heteroatoms. The number of nitrogens with two attached hydrogens (primary N) is 1. The molecule has 0 saturated heterocycles. The van der Waals surface area contributed by atoms with Crippen LogP contribution in [0.15, 0.2) is 23.4 Å². The van der Waals surface area contributed by atoms with E-state index in [1.165, 1.54) is 0 Å². The molecule has 0 radical (unpaired) electrons. The maximum absolute atomic E-state index is 8.66. The van der Waals surface area contributed by atoms with Gasteiger partial charge in [0.05, 0.1) is 11.1 Å². The van der Waals surface area contributed by atoms with Crippen molar-refractivity contribution in [3.05, 3.63) is 28.8 Å². The molecule has 0 amide bonds. The van der Waals surface area contributed by atoms with Crippen LogP contribution in [0.3, 0.4) is 0 Å². The Bertz CT molecular complexity index is 493. The van der Waals surface area contributed by atoms with Gasteiger partial charge in [-0.15, -0.1) is 0 Å². The molecule has 110 valence electrons. The summed E-state index contributed by atoms with van der Waals surface area (Å²) >= 11 is 6.10. The van der Waals surface area contributed by atoms with Crippen molar-refractivity contribution in [2.24, 2.45) is 10.9 Å². The molecule has 1 aromatic rings. The summed E-state index contributed by atoms with van der Waals surface area (Å²) in [4.78, 5) is 0. The van der Waals surface area contributed by atoms with Gasteiger partial charge < -0.3 is 20.4 Å². The quantitative estimate of drug-likeness (QED) is 0.388. The number of halogens is 1. The van der Waals surface area contributed by atoms with Crippen LogP contribution in [0.2, 0.25) is 5.02 Å². The first-order chi connectivity index (χ1) is 9.63. The number of hydrogen-bond donors (Lipinski definition) is 2. The van der Waals surface area contributed by atoms with Crippen LogP contribution in [-0.2, 0) is 4.74 Å². The molecule has 1 aliphatic carbocycles. The van der Waals surface area contributed by atoms with Crippen LogP contribution < -0.4 is 10.5 Å². The first kappa shape index (κ1) is 14.9. The molecule has 0 aliphatic heterocycles. The van der Waals surface area contributed by atoms with Crippen LogP contribution in [0.4, 0.5) is 0 Å². The molecule has 5 nitrogen and oxygen atoms in total. The van der Waals surface area contributed by atoms with Gasteiger partial charge in [-0.05, 0) is 37.5 Å². The number of oxime groups is 1. The molecule has 0 spiro atoms. The number of rotatable bonds is 4. The molecule has 20 heavy (non-hydrogen) atoms. The normalized spacial score (nSPS) is 23.6. The fraction of sp³-hybridized carbons (Fsp3) is 0.500. The smallest absolute Gasteiger partial charge is 0.171 e. The van der Waals surface area contributed by atoms with Crippen LogP contribution >= 0.6 is 11.6 Å². The van der Waals surface area contributed by atoms with Gasteiger partial charge in [0.15, 0.2) is 5.84 Å². The van der Waals surface area contributed by atoms with Crippen LogP contribution in [0.5, 0.6) is 5.75 Å². The van der Waals surface area contributed by atoms with Gasteiger partial charge in [-0.2, -0.15) is 0 Å². The maximum atomic E-state index is 8.66. The number of ether oxygens (including phenoxy) is 2. The molecule has 0 heterocycles. The van der Waals surface area contributed by atoms with Crippen molar-refractivity contribution in [3.8, 4) is 5.75 Å². The molecule has 1 saturated carbocycles. The zero-order valence-corrected chi connectivity index (χ0v) is 12.1. The van der Waals surface area contributed by atoms with Crippen molar-refractivity contribution in [2.45, 2.75) is 37.9 Å². The molecule has 1 aromatic carbocycles. The minimum atomic E-state index is -0.0151. The van der Waals surface area contributed by atoms with Crippen molar-refractivity contribution in [3.63, 3.8) is 0 Å². The van der Waals surface area contributed by atoms with E-state index in [1.54, 1.807) is 25.3 Å². The number of hydrogen-bond acceptors (Lipinski definition) is 4. The average Bonchev–Trinajstić information content (AvgIpc) is 2.47. The van der Waals surface area contributed by atoms with E-state index >= 15 is 0 Å². The van der Waals surface area contributed by atoms with E-state index in [-0.39, 0.29) is 18.0 Å². The Morgan fingerprint density at radius 3 is 2.80 bits per heavy atom. The lowest BCUT2D eigenvalue weighted by atomic mass is 9.95. The first-order valence-electron chi connectivity index (χ1n) is 6.61. The standard InChI is InChI=1S/C14H19ClN2O3/c1-19-9-3-2-4-10(7-9)20-11-5-6-12(13(15)8-11)14(16)17-18/h5-6,8-10,18H,2-4,7H2,1H3,(H2,16,17). The van der Waals surface area contributed by atoms with Gasteiger partial charge in [-0.1, -0.05) is 16.8 Å². The minimum Gasteiger partial charge on any atom is -0.490 e. The van der Waals surface area contributed by atoms with Crippen molar-refractivity contribution in [2.75, 3.05) is 7.11 Å². The highest BCUT2D eigenvalue weighted by Gasteiger charge is 2.23. The van der Waals surface area contributed by atoms with Gasteiger partial charge in [0.1, 0.15) is 11.9 Å². The highest BCUT2D eigenvalue weighted by molar-refractivity contribution is 6.34. The maximum Gasteiger partial charge on any atom is 0.171 e. The van der Waals surface area contributed by atoms with E-state index in [0.29, 0.717) is 16.3 Å². The molecular formula is C14H19ClN2O3. The van der Waals surface area contributed by atoms with E-state index in [0.717, 1.165) is 25.7 Å². The van der Waals surface area contributed by atoms with Crippen LogP contribution in [-0.4, -0.2) is 30.4 Å². The second kappa shape index (κ2) is 6.81. The van der Waals surface area contributed by atoms with Gasteiger partial charge in [-0.25, -0.2) is 0 Å². The SMILES string of the molecule is COC1CCCC(Oc2ccc(C(N)=NO)c(Cl)c2)C1. The largest absolute Gasteiger partial charge is 0.490 e. The van der Waals surface area contributed by atoms with Crippen molar-refractivity contribution >= 4 is 17.4 Å². The van der Waals surface area contributed by atoms with Gasteiger partial charge in [0.25, 0.3) is 0 Å². The third kappa shape index (κ3) is 3.55. The van der Waals surface area contributed by atoms with E-state index in [2.05, 4.69) is 5.16 Å².